The van der Waals surface area contributed by atoms with E-state index in [2.05, 4.69) is 4.98 Å². The van der Waals surface area contributed by atoms with Crippen molar-refractivity contribution in [1.29, 1.82) is 0 Å². The van der Waals surface area contributed by atoms with E-state index >= 15 is 0 Å². The zero-order chi connectivity index (χ0) is 11.8. The molecule has 0 aliphatic heterocycles. The van der Waals surface area contributed by atoms with E-state index in [9.17, 15) is 0 Å². The van der Waals surface area contributed by atoms with Crippen LogP contribution in [0.3, 0.4) is 0 Å². The van der Waals surface area contributed by atoms with Gasteiger partial charge < -0.3 is 19.9 Å². The number of aromatic nitrogens is 1. The molecular weight excluding hydrogens is 208 g/mol. The van der Waals surface area contributed by atoms with Gasteiger partial charge in [-0.15, -0.1) is 0 Å². The first-order chi connectivity index (χ1) is 7.64. The average Bonchev–Trinajstić information content (AvgIpc) is 3.06. The second-order valence-electron chi connectivity index (χ2n) is 3.91. The Hall–Kier alpha value is -1.49. The Morgan fingerprint density at radius 3 is 2.31 bits per heavy atom. The molecule has 0 spiro atoms. The fourth-order valence-electron chi connectivity index (χ4n) is 1.61. The molecule has 0 unspecified atom stereocenters. The fraction of sp³-hybridized carbons (Fsp3) is 0.545. The van der Waals surface area contributed by atoms with E-state index in [1.165, 1.54) is 0 Å². The van der Waals surface area contributed by atoms with Crippen molar-refractivity contribution in [3.63, 3.8) is 0 Å². The highest BCUT2D eigenvalue weighted by Crippen LogP contribution is 2.46. The normalized spacial score (nSPS) is 16.8. The van der Waals surface area contributed by atoms with Gasteiger partial charge in [0.15, 0.2) is 5.75 Å². The zero-order valence-corrected chi connectivity index (χ0v) is 9.74. The number of nitrogens with zero attached hydrogens (tertiary/aromatic N) is 1. The zero-order valence-electron chi connectivity index (χ0n) is 9.74. The summed E-state index contributed by atoms with van der Waals surface area (Å²) in [5, 5.41) is 0. The third-order valence-electron chi connectivity index (χ3n) is 2.82. The molecule has 0 radical (unpaired) electrons. The van der Waals surface area contributed by atoms with Crippen molar-refractivity contribution in [2.24, 2.45) is 5.73 Å². The molecule has 2 rings (SSSR count). The van der Waals surface area contributed by atoms with Gasteiger partial charge in [0.2, 0.25) is 5.75 Å². The van der Waals surface area contributed by atoms with Gasteiger partial charge in [-0.2, -0.15) is 0 Å². The summed E-state index contributed by atoms with van der Waals surface area (Å²) >= 11 is 0. The van der Waals surface area contributed by atoms with Gasteiger partial charge >= 0.3 is 0 Å². The standard InChI is InChI=1S/C11H16N2O3/c1-14-7-6-8(11(12)4-5-11)13-10(16-3)9(7)15-2/h6H,4-5,12H2,1-3H3. The fourth-order valence-corrected chi connectivity index (χ4v) is 1.61. The van der Waals surface area contributed by atoms with Gasteiger partial charge in [-0.3, -0.25) is 0 Å². The van der Waals surface area contributed by atoms with E-state index in [0.29, 0.717) is 17.4 Å². The predicted molar refractivity (Wildman–Crippen MR) is 59.0 cm³/mol. The average molecular weight is 224 g/mol. The van der Waals surface area contributed by atoms with Crippen LogP contribution < -0.4 is 19.9 Å². The topological polar surface area (TPSA) is 66.6 Å². The molecule has 1 fully saturated rings. The number of pyridine rings is 1. The molecule has 0 atom stereocenters. The summed E-state index contributed by atoms with van der Waals surface area (Å²) in [6, 6.07) is 1.81. The monoisotopic (exact) mass is 224 g/mol. The molecule has 2 N–H and O–H groups in total. The summed E-state index contributed by atoms with van der Waals surface area (Å²) in [7, 11) is 4.68. The van der Waals surface area contributed by atoms with E-state index in [1.807, 2.05) is 6.07 Å². The summed E-state index contributed by atoms with van der Waals surface area (Å²) in [6.45, 7) is 0. The largest absolute Gasteiger partial charge is 0.493 e. The van der Waals surface area contributed by atoms with E-state index in [0.717, 1.165) is 18.5 Å². The maximum atomic E-state index is 6.09. The Balaban J connectivity index is 2.50. The number of rotatable bonds is 4. The van der Waals surface area contributed by atoms with Crippen molar-refractivity contribution in [2.45, 2.75) is 18.4 Å². The van der Waals surface area contributed by atoms with Gasteiger partial charge in [0, 0.05) is 6.07 Å². The van der Waals surface area contributed by atoms with Crippen molar-refractivity contribution in [3.05, 3.63) is 11.8 Å². The third-order valence-corrected chi connectivity index (χ3v) is 2.82. The lowest BCUT2D eigenvalue weighted by Crippen LogP contribution is -2.20. The molecular formula is C11H16N2O3. The second kappa shape index (κ2) is 3.83. The molecule has 0 amide bonds. The van der Waals surface area contributed by atoms with Crippen LogP contribution in [0.2, 0.25) is 0 Å². The predicted octanol–water partition coefficient (Wildman–Crippen LogP) is 1.06. The Morgan fingerprint density at radius 2 is 1.88 bits per heavy atom. The number of ether oxygens (including phenoxy) is 3. The first kappa shape index (κ1) is 11.0. The highest BCUT2D eigenvalue weighted by Gasteiger charge is 2.42. The molecule has 1 aromatic heterocycles. The Kier molecular flexibility index (Phi) is 2.63. The van der Waals surface area contributed by atoms with Crippen molar-refractivity contribution in [2.75, 3.05) is 21.3 Å². The first-order valence-electron chi connectivity index (χ1n) is 5.11. The number of methoxy groups -OCH3 is 3. The van der Waals surface area contributed by atoms with Gasteiger partial charge in [-0.05, 0) is 12.8 Å². The van der Waals surface area contributed by atoms with Gasteiger partial charge in [0.1, 0.15) is 0 Å². The van der Waals surface area contributed by atoms with Crippen LogP contribution in [0, 0.1) is 0 Å². The van der Waals surface area contributed by atoms with Crippen LogP contribution in [0.1, 0.15) is 18.5 Å². The first-order valence-corrected chi connectivity index (χ1v) is 5.11. The van der Waals surface area contributed by atoms with Crippen LogP contribution in [0.4, 0.5) is 0 Å². The molecule has 1 heterocycles. The van der Waals surface area contributed by atoms with Crippen LogP contribution >= 0.6 is 0 Å². The summed E-state index contributed by atoms with van der Waals surface area (Å²) in [5.41, 5.74) is 6.57. The summed E-state index contributed by atoms with van der Waals surface area (Å²) in [5.74, 6) is 1.51. The lowest BCUT2D eigenvalue weighted by Gasteiger charge is -2.15. The van der Waals surface area contributed by atoms with Crippen LogP contribution in [-0.2, 0) is 5.54 Å². The lowest BCUT2D eigenvalue weighted by molar-refractivity contribution is 0.313. The quantitative estimate of drug-likeness (QED) is 0.828. The van der Waals surface area contributed by atoms with E-state index in [1.54, 1.807) is 21.3 Å². The minimum atomic E-state index is -0.313. The van der Waals surface area contributed by atoms with Crippen LogP contribution in [0.15, 0.2) is 6.07 Å². The van der Waals surface area contributed by atoms with Crippen molar-refractivity contribution >= 4 is 0 Å². The number of hydrogen-bond donors (Lipinski definition) is 1. The van der Waals surface area contributed by atoms with Crippen molar-refractivity contribution in [1.82, 2.24) is 4.98 Å². The highest BCUT2D eigenvalue weighted by molar-refractivity contribution is 5.50. The van der Waals surface area contributed by atoms with Gasteiger partial charge in [0.05, 0.1) is 32.6 Å². The minimum absolute atomic E-state index is 0.313. The van der Waals surface area contributed by atoms with Gasteiger partial charge in [0.25, 0.3) is 5.88 Å². The molecule has 5 nitrogen and oxygen atoms in total. The van der Waals surface area contributed by atoms with Crippen LogP contribution in [0.25, 0.3) is 0 Å². The Bertz CT molecular complexity index is 377. The molecule has 16 heavy (non-hydrogen) atoms. The van der Waals surface area contributed by atoms with Gasteiger partial charge in [-0.25, -0.2) is 4.98 Å². The number of hydrogen-bond acceptors (Lipinski definition) is 5. The third kappa shape index (κ3) is 1.67. The molecule has 1 aromatic rings. The molecule has 0 bridgehead atoms. The second-order valence-corrected chi connectivity index (χ2v) is 3.91. The van der Waals surface area contributed by atoms with Crippen molar-refractivity contribution in [3.8, 4) is 17.4 Å². The van der Waals surface area contributed by atoms with Crippen molar-refractivity contribution < 1.29 is 14.2 Å². The van der Waals surface area contributed by atoms with Crippen LogP contribution in [0.5, 0.6) is 17.4 Å². The maximum Gasteiger partial charge on any atom is 0.261 e. The summed E-state index contributed by atoms with van der Waals surface area (Å²) < 4.78 is 15.6. The lowest BCUT2D eigenvalue weighted by atomic mass is 10.1. The minimum Gasteiger partial charge on any atom is -0.493 e. The Morgan fingerprint density at radius 1 is 1.19 bits per heavy atom. The van der Waals surface area contributed by atoms with E-state index in [-0.39, 0.29) is 5.54 Å². The number of nitrogens with two attached hydrogens (primary N) is 1. The smallest absolute Gasteiger partial charge is 0.261 e. The summed E-state index contributed by atoms with van der Waals surface area (Å²) in [4.78, 5) is 4.35. The van der Waals surface area contributed by atoms with E-state index in [4.69, 9.17) is 19.9 Å². The van der Waals surface area contributed by atoms with E-state index < -0.39 is 0 Å². The molecule has 0 aromatic carbocycles. The molecule has 5 heteroatoms. The molecule has 1 aliphatic carbocycles. The molecule has 0 saturated heterocycles. The van der Waals surface area contributed by atoms with Gasteiger partial charge in [-0.1, -0.05) is 0 Å². The SMILES string of the molecule is COc1cc(C2(N)CC2)nc(OC)c1OC. The molecule has 88 valence electrons. The summed E-state index contributed by atoms with van der Waals surface area (Å²) in [6.07, 6.45) is 1.89. The molecule has 1 saturated carbocycles. The highest BCUT2D eigenvalue weighted by atomic mass is 16.5. The maximum absolute atomic E-state index is 6.09. The Labute approximate surface area is 94.5 Å². The molecule has 1 aliphatic rings. The van der Waals surface area contributed by atoms with Crippen LogP contribution in [-0.4, -0.2) is 26.3 Å².